The summed E-state index contributed by atoms with van der Waals surface area (Å²) in [5.41, 5.74) is 5.15. The summed E-state index contributed by atoms with van der Waals surface area (Å²) in [7, 11) is 2.18. The molecule has 1 aliphatic heterocycles. The van der Waals surface area contributed by atoms with E-state index in [9.17, 15) is 0 Å². The molecule has 22 heavy (non-hydrogen) atoms. The van der Waals surface area contributed by atoms with Crippen LogP contribution >= 0.6 is 0 Å². The van der Waals surface area contributed by atoms with Gasteiger partial charge in [0, 0.05) is 37.3 Å². The fourth-order valence-electron chi connectivity index (χ4n) is 2.95. The third-order valence-electron chi connectivity index (χ3n) is 4.41. The van der Waals surface area contributed by atoms with E-state index < -0.39 is 0 Å². The predicted molar refractivity (Wildman–Crippen MR) is 89.2 cm³/mol. The molecule has 2 aromatic rings. The van der Waals surface area contributed by atoms with E-state index >= 15 is 0 Å². The Labute approximate surface area is 132 Å². The maximum atomic E-state index is 5.57. The summed E-state index contributed by atoms with van der Waals surface area (Å²) in [6.07, 6.45) is 3.92. The van der Waals surface area contributed by atoms with Gasteiger partial charge in [0.05, 0.1) is 6.61 Å². The first-order valence-electron chi connectivity index (χ1n) is 7.98. The molecule has 3 rings (SSSR count). The molecule has 0 spiro atoms. The Bertz CT molecular complexity index is 654. The third-order valence-corrected chi connectivity index (χ3v) is 4.41. The number of benzene rings is 1. The quantitative estimate of drug-likeness (QED) is 0.845. The van der Waals surface area contributed by atoms with Gasteiger partial charge in [0.15, 0.2) is 0 Å². The van der Waals surface area contributed by atoms with Gasteiger partial charge in [-0.1, -0.05) is 12.1 Å². The first-order chi connectivity index (χ1) is 10.6. The zero-order chi connectivity index (χ0) is 15.5. The minimum Gasteiger partial charge on any atom is -0.493 e. The number of aryl methyl sites for hydroxylation is 1. The minimum absolute atomic E-state index is 0.457. The number of nitrogens with zero attached hydrogens (tertiary/aromatic N) is 2. The number of pyridine rings is 1. The van der Waals surface area contributed by atoms with Crippen molar-refractivity contribution in [3.8, 4) is 5.75 Å². The van der Waals surface area contributed by atoms with Gasteiger partial charge in [-0.15, -0.1) is 0 Å². The Hall–Kier alpha value is -1.87. The van der Waals surface area contributed by atoms with Crippen LogP contribution in [0.15, 0.2) is 36.5 Å². The fraction of sp³-hybridized carbons (Fsp3) is 0.421. The SMILES string of the molecule is Cc1ccnc(C[C@H](C)N(C)Cc2ccc3c(c2)CCO3)c1. The van der Waals surface area contributed by atoms with Crippen molar-refractivity contribution in [2.75, 3.05) is 13.7 Å². The van der Waals surface area contributed by atoms with Crippen molar-refractivity contribution in [2.45, 2.75) is 39.3 Å². The molecular weight excluding hydrogens is 272 g/mol. The molecule has 2 heterocycles. The molecular formula is C19H24N2O. The van der Waals surface area contributed by atoms with Crippen LogP contribution in [0.3, 0.4) is 0 Å². The number of hydrogen-bond donors (Lipinski definition) is 0. The summed E-state index contributed by atoms with van der Waals surface area (Å²) in [6, 6.07) is 11.3. The molecule has 1 aromatic carbocycles. The van der Waals surface area contributed by atoms with Crippen molar-refractivity contribution in [1.29, 1.82) is 0 Å². The molecule has 1 aliphatic rings. The molecule has 3 nitrogen and oxygen atoms in total. The molecule has 0 N–H and O–H groups in total. The number of hydrogen-bond acceptors (Lipinski definition) is 3. The van der Waals surface area contributed by atoms with E-state index in [0.717, 1.165) is 31.7 Å². The lowest BCUT2D eigenvalue weighted by Gasteiger charge is -2.25. The standard InChI is InChI=1S/C19H24N2O/c1-14-6-8-20-18(10-14)11-15(2)21(3)13-16-4-5-19-17(12-16)7-9-22-19/h4-6,8,10,12,15H,7,9,11,13H2,1-3H3/t15-/m0/s1. The minimum atomic E-state index is 0.457. The highest BCUT2D eigenvalue weighted by molar-refractivity contribution is 5.39. The van der Waals surface area contributed by atoms with Gasteiger partial charge in [0.25, 0.3) is 0 Å². The monoisotopic (exact) mass is 296 g/mol. The van der Waals surface area contributed by atoms with Crippen LogP contribution < -0.4 is 4.74 Å². The average molecular weight is 296 g/mol. The van der Waals surface area contributed by atoms with E-state index in [1.165, 1.54) is 22.4 Å². The number of rotatable bonds is 5. The molecule has 0 fully saturated rings. The Morgan fingerprint density at radius 3 is 2.95 bits per heavy atom. The van der Waals surface area contributed by atoms with E-state index in [0.29, 0.717) is 6.04 Å². The van der Waals surface area contributed by atoms with Crippen LogP contribution in [0.4, 0.5) is 0 Å². The van der Waals surface area contributed by atoms with Crippen molar-refractivity contribution in [1.82, 2.24) is 9.88 Å². The highest BCUT2D eigenvalue weighted by atomic mass is 16.5. The highest BCUT2D eigenvalue weighted by Crippen LogP contribution is 2.26. The molecule has 0 bridgehead atoms. The molecule has 0 saturated carbocycles. The van der Waals surface area contributed by atoms with E-state index in [4.69, 9.17) is 4.74 Å². The van der Waals surface area contributed by atoms with Gasteiger partial charge in [-0.3, -0.25) is 9.88 Å². The Morgan fingerprint density at radius 2 is 2.14 bits per heavy atom. The molecule has 0 amide bonds. The van der Waals surface area contributed by atoms with Crippen molar-refractivity contribution in [3.05, 3.63) is 58.9 Å². The molecule has 0 saturated heterocycles. The lowest BCUT2D eigenvalue weighted by molar-refractivity contribution is 0.247. The lowest BCUT2D eigenvalue weighted by atomic mass is 10.1. The summed E-state index contributed by atoms with van der Waals surface area (Å²) in [6.45, 7) is 6.16. The maximum absolute atomic E-state index is 5.57. The van der Waals surface area contributed by atoms with E-state index in [2.05, 4.69) is 55.0 Å². The molecule has 0 unspecified atom stereocenters. The second kappa shape index (κ2) is 6.49. The summed E-state index contributed by atoms with van der Waals surface area (Å²) >= 11 is 0. The molecule has 1 aromatic heterocycles. The summed E-state index contributed by atoms with van der Waals surface area (Å²) in [4.78, 5) is 6.86. The average Bonchev–Trinajstić information content (AvgIpc) is 2.94. The zero-order valence-electron chi connectivity index (χ0n) is 13.7. The number of aromatic nitrogens is 1. The molecule has 0 aliphatic carbocycles. The van der Waals surface area contributed by atoms with Crippen molar-refractivity contribution >= 4 is 0 Å². The van der Waals surface area contributed by atoms with Gasteiger partial charge in [-0.25, -0.2) is 0 Å². The Balaban J connectivity index is 1.62. The van der Waals surface area contributed by atoms with Crippen molar-refractivity contribution < 1.29 is 4.74 Å². The van der Waals surface area contributed by atoms with Gasteiger partial charge < -0.3 is 4.74 Å². The van der Waals surface area contributed by atoms with E-state index in [1.807, 2.05) is 12.3 Å². The smallest absolute Gasteiger partial charge is 0.122 e. The van der Waals surface area contributed by atoms with Gasteiger partial charge in [0.2, 0.25) is 0 Å². The van der Waals surface area contributed by atoms with Gasteiger partial charge in [-0.05, 0) is 55.8 Å². The Kier molecular flexibility index (Phi) is 4.44. The summed E-state index contributed by atoms with van der Waals surface area (Å²) < 4.78 is 5.57. The van der Waals surface area contributed by atoms with Crippen molar-refractivity contribution in [3.63, 3.8) is 0 Å². The second-order valence-corrected chi connectivity index (χ2v) is 6.33. The number of fused-ring (bicyclic) bond motifs is 1. The highest BCUT2D eigenvalue weighted by Gasteiger charge is 2.15. The van der Waals surface area contributed by atoms with Crippen molar-refractivity contribution in [2.24, 2.45) is 0 Å². The molecule has 3 heteroatoms. The van der Waals surface area contributed by atoms with Crippen LogP contribution in [0.1, 0.15) is 29.3 Å². The zero-order valence-corrected chi connectivity index (χ0v) is 13.7. The van der Waals surface area contributed by atoms with Crippen LogP contribution in [0.2, 0.25) is 0 Å². The predicted octanol–water partition coefficient (Wildman–Crippen LogP) is 3.39. The maximum Gasteiger partial charge on any atom is 0.122 e. The van der Waals surface area contributed by atoms with E-state index in [-0.39, 0.29) is 0 Å². The molecule has 0 radical (unpaired) electrons. The normalized spacial score (nSPS) is 14.7. The topological polar surface area (TPSA) is 25.4 Å². The number of likely N-dealkylation sites (N-methyl/N-ethyl adjacent to an activating group) is 1. The number of ether oxygens (including phenoxy) is 1. The third kappa shape index (κ3) is 3.47. The summed E-state index contributed by atoms with van der Waals surface area (Å²) in [5.74, 6) is 1.06. The first kappa shape index (κ1) is 15.0. The van der Waals surface area contributed by atoms with Gasteiger partial charge in [-0.2, -0.15) is 0 Å². The van der Waals surface area contributed by atoms with Crippen LogP contribution in [0.5, 0.6) is 5.75 Å². The lowest BCUT2D eigenvalue weighted by Crippen LogP contribution is -2.30. The van der Waals surface area contributed by atoms with Crippen LogP contribution in [-0.2, 0) is 19.4 Å². The van der Waals surface area contributed by atoms with Crippen LogP contribution in [0.25, 0.3) is 0 Å². The molecule has 116 valence electrons. The van der Waals surface area contributed by atoms with Crippen LogP contribution in [-0.4, -0.2) is 29.6 Å². The van der Waals surface area contributed by atoms with Gasteiger partial charge >= 0.3 is 0 Å². The second-order valence-electron chi connectivity index (χ2n) is 6.33. The van der Waals surface area contributed by atoms with E-state index in [1.54, 1.807) is 0 Å². The largest absolute Gasteiger partial charge is 0.493 e. The van der Waals surface area contributed by atoms with Gasteiger partial charge in [0.1, 0.15) is 5.75 Å². The Morgan fingerprint density at radius 1 is 1.27 bits per heavy atom. The fourth-order valence-corrected chi connectivity index (χ4v) is 2.95. The first-order valence-corrected chi connectivity index (χ1v) is 7.98. The van der Waals surface area contributed by atoms with Crippen LogP contribution in [0, 0.1) is 6.92 Å². The molecule has 1 atom stereocenters. The summed E-state index contributed by atoms with van der Waals surface area (Å²) in [5, 5.41) is 0.